The van der Waals surface area contributed by atoms with Crippen molar-refractivity contribution >= 4 is 35.4 Å². The van der Waals surface area contributed by atoms with E-state index in [1.54, 1.807) is 39.5 Å². The first-order valence-electron chi connectivity index (χ1n) is 11.0. The number of anilines is 1. The standard InChI is InChI=1S/C25H32ClN5O2/c1-25(2,3)24(33)31-11-9-30(10-12-31)22-19(15-27-4)13-18(16-28-22)17-7-8-20(21(26)14-17)23(32)29(5)6/h7-8,13-16H,9-12H2,1-6H3/b27-15+. The maximum absolute atomic E-state index is 12.6. The van der Waals surface area contributed by atoms with Crippen molar-refractivity contribution in [3.05, 3.63) is 46.6 Å². The number of piperazine rings is 1. The summed E-state index contributed by atoms with van der Waals surface area (Å²) in [4.78, 5) is 39.5. The lowest BCUT2D eigenvalue weighted by Crippen LogP contribution is -2.52. The Morgan fingerprint density at radius 3 is 2.30 bits per heavy atom. The number of hydrogen-bond acceptors (Lipinski definition) is 5. The molecule has 0 N–H and O–H groups in total. The van der Waals surface area contributed by atoms with Crippen LogP contribution in [0.15, 0.2) is 35.5 Å². The summed E-state index contributed by atoms with van der Waals surface area (Å²) in [5.74, 6) is 0.884. The van der Waals surface area contributed by atoms with E-state index >= 15 is 0 Å². The number of benzene rings is 1. The van der Waals surface area contributed by atoms with Crippen LogP contribution in [-0.4, -0.2) is 80.1 Å². The fraction of sp³-hybridized carbons (Fsp3) is 0.440. The Morgan fingerprint density at radius 2 is 1.76 bits per heavy atom. The Morgan fingerprint density at radius 1 is 1.09 bits per heavy atom. The Labute approximate surface area is 201 Å². The lowest BCUT2D eigenvalue weighted by Gasteiger charge is -2.38. The maximum Gasteiger partial charge on any atom is 0.254 e. The molecule has 7 nitrogen and oxygen atoms in total. The second-order valence-corrected chi connectivity index (χ2v) is 9.85. The first kappa shape index (κ1) is 24.7. The van der Waals surface area contributed by atoms with Crippen LogP contribution in [0.3, 0.4) is 0 Å². The number of carbonyl (C=O) groups excluding carboxylic acids is 2. The van der Waals surface area contributed by atoms with E-state index < -0.39 is 0 Å². The molecule has 176 valence electrons. The summed E-state index contributed by atoms with van der Waals surface area (Å²) in [6.07, 6.45) is 3.61. The quantitative estimate of drug-likeness (QED) is 0.638. The number of nitrogens with zero attached hydrogens (tertiary/aromatic N) is 5. The average molecular weight is 470 g/mol. The number of amides is 2. The molecule has 1 aliphatic rings. The van der Waals surface area contributed by atoms with Crippen molar-refractivity contribution in [2.24, 2.45) is 10.4 Å². The van der Waals surface area contributed by atoms with Crippen molar-refractivity contribution in [3.63, 3.8) is 0 Å². The zero-order chi connectivity index (χ0) is 24.3. The first-order chi connectivity index (χ1) is 15.5. The molecule has 1 aromatic carbocycles. The van der Waals surface area contributed by atoms with Gasteiger partial charge in [0, 0.05) is 76.3 Å². The van der Waals surface area contributed by atoms with Gasteiger partial charge in [0.25, 0.3) is 5.91 Å². The SMILES string of the molecule is C/N=C/c1cc(-c2ccc(C(=O)N(C)C)c(Cl)c2)cnc1N1CCN(C(=O)C(C)(C)C)CC1. The molecule has 0 aliphatic carbocycles. The highest BCUT2D eigenvalue weighted by atomic mass is 35.5. The first-order valence-corrected chi connectivity index (χ1v) is 11.4. The van der Waals surface area contributed by atoms with E-state index in [0.717, 1.165) is 22.5 Å². The molecule has 1 aliphatic heterocycles. The van der Waals surface area contributed by atoms with Crippen molar-refractivity contribution in [3.8, 4) is 11.1 Å². The van der Waals surface area contributed by atoms with Gasteiger partial charge in [-0.25, -0.2) is 4.98 Å². The number of carbonyl (C=O) groups is 2. The molecule has 0 unspecified atom stereocenters. The summed E-state index contributed by atoms with van der Waals surface area (Å²) in [6.45, 7) is 8.61. The normalized spacial score (nSPS) is 14.6. The molecular formula is C25H32ClN5O2. The molecule has 0 bridgehead atoms. The molecule has 0 atom stereocenters. The lowest BCUT2D eigenvalue weighted by atomic mass is 9.94. The molecule has 0 saturated carbocycles. The van der Waals surface area contributed by atoms with Gasteiger partial charge in [-0.3, -0.25) is 14.6 Å². The monoisotopic (exact) mass is 469 g/mol. The number of rotatable bonds is 4. The summed E-state index contributed by atoms with van der Waals surface area (Å²) in [5.41, 5.74) is 2.75. The largest absolute Gasteiger partial charge is 0.353 e. The summed E-state index contributed by atoms with van der Waals surface area (Å²) in [5, 5.41) is 0.403. The third kappa shape index (κ3) is 5.53. The molecule has 2 aromatic rings. The molecule has 1 fully saturated rings. The minimum Gasteiger partial charge on any atom is -0.353 e. The van der Waals surface area contributed by atoms with E-state index in [2.05, 4.69) is 9.89 Å². The highest BCUT2D eigenvalue weighted by Gasteiger charge is 2.30. The minimum atomic E-state index is -0.379. The number of halogens is 1. The van der Waals surface area contributed by atoms with Crippen LogP contribution in [0.25, 0.3) is 11.1 Å². The summed E-state index contributed by atoms with van der Waals surface area (Å²) in [6, 6.07) is 7.44. The minimum absolute atomic E-state index is 0.136. The van der Waals surface area contributed by atoms with Gasteiger partial charge < -0.3 is 14.7 Å². The van der Waals surface area contributed by atoms with Crippen molar-refractivity contribution in [1.82, 2.24) is 14.8 Å². The molecule has 2 amide bonds. The Kier molecular flexibility index (Phi) is 7.42. The third-order valence-corrected chi connectivity index (χ3v) is 5.92. The highest BCUT2D eigenvalue weighted by Crippen LogP contribution is 2.29. The van der Waals surface area contributed by atoms with Gasteiger partial charge in [0.2, 0.25) is 5.91 Å². The average Bonchev–Trinajstić information content (AvgIpc) is 2.77. The number of pyridine rings is 1. The van der Waals surface area contributed by atoms with Crippen molar-refractivity contribution in [2.75, 3.05) is 52.2 Å². The van der Waals surface area contributed by atoms with E-state index in [0.29, 0.717) is 36.8 Å². The van der Waals surface area contributed by atoms with Crippen LogP contribution in [0.1, 0.15) is 36.7 Å². The summed E-state index contributed by atoms with van der Waals surface area (Å²) < 4.78 is 0. The fourth-order valence-corrected chi connectivity index (χ4v) is 4.10. The van der Waals surface area contributed by atoms with E-state index in [1.165, 1.54) is 4.90 Å². The molecule has 1 saturated heterocycles. The van der Waals surface area contributed by atoms with Crippen LogP contribution in [0.5, 0.6) is 0 Å². The smallest absolute Gasteiger partial charge is 0.254 e. The van der Waals surface area contributed by atoms with Crippen LogP contribution in [0.4, 0.5) is 5.82 Å². The van der Waals surface area contributed by atoms with E-state index in [1.807, 2.05) is 44.0 Å². The Hall–Kier alpha value is -2.93. The van der Waals surface area contributed by atoms with Gasteiger partial charge in [-0.15, -0.1) is 0 Å². The van der Waals surface area contributed by atoms with Crippen molar-refractivity contribution in [2.45, 2.75) is 20.8 Å². The molecular weight excluding hydrogens is 438 g/mol. The van der Waals surface area contributed by atoms with Crippen LogP contribution < -0.4 is 4.90 Å². The molecule has 0 radical (unpaired) electrons. The van der Waals surface area contributed by atoms with Gasteiger partial charge in [0.15, 0.2) is 0 Å². The zero-order valence-electron chi connectivity index (χ0n) is 20.2. The van der Waals surface area contributed by atoms with Gasteiger partial charge in [0.1, 0.15) is 5.82 Å². The van der Waals surface area contributed by atoms with Crippen LogP contribution in [0, 0.1) is 5.41 Å². The molecule has 2 heterocycles. The second-order valence-electron chi connectivity index (χ2n) is 9.45. The second kappa shape index (κ2) is 9.91. The van der Waals surface area contributed by atoms with Gasteiger partial charge >= 0.3 is 0 Å². The fourth-order valence-electron chi connectivity index (χ4n) is 3.84. The van der Waals surface area contributed by atoms with Crippen molar-refractivity contribution in [1.29, 1.82) is 0 Å². The number of aliphatic imine (C=N–C) groups is 1. The Balaban J connectivity index is 1.84. The Bertz CT molecular complexity index is 1070. The van der Waals surface area contributed by atoms with Crippen LogP contribution in [0.2, 0.25) is 5.02 Å². The number of hydrogen-bond donors (Lipinski definition) is 0. The predicted molar refractivity (Wildman–Crippen MR) is 134 cm³/mol. The summed E-state index contributed by atoms with van der Waals surface area (Å²) >= 11 is 6.41. The van der Waals surface area contributed by atoms with Gasteiger partial charge in [0.05, 0.1) is 10.6 Å². The van der Waals surface area contributed by atoms with E-state index in [-0.39, 0.29) is 17.2 Å². The maximum atomic E-state index is 12.6. The third-order valence-electron chi connectivity index (χ3n) is 5.61. The van der Waals surface area contributed by atoms with Gasteiger partial charge in [-0.1, -0.05) is 38.4 Å². The van der Waals surface area contributed by atoms with Crippen molar-refractivity contribution < 1.29 is 9.59 Å². The molecule has 1 aromatic heterocycles. The highest BCUT2D eigenvalue weighted by molar-refractivity contribution is 6.34. The van der Waals surface area contributed by atoms with E-state index in [9.17, 15) is 9.59 Å². The number of aromatic nitrogens is 1. The predicted octanol–water partition coefficient (Wildman–Crippen LogP) is 3.85. The molecule has 33 heavy (non-hydrogen) atoms. The molecule has 8 heteroatoms. The molecule has 0 spiro atoms. The lowest BCUT2D eigenvalue weighted by molar-refractivity contribution is -0.139. The van der Waals surface area contributed by atoms with Gasteiger partial charge in [-0.2, -0.15) is 0 Å². The van der Waals surface area contributed by atoms with Gasteiger partial charge in [-0.05, 0) is 23.8 Å². The zero-order valence-corrected chi connectivity index (χ0v) is 21.0. The summed E-state index contributed by atoms with van der Waals surface area (Å²) in [7, 11) is 5.13. The van der Waals surface area contributed by atoms with E-state index in [4.69, 9.17) is 16.6 Å². The molecule has 3 rings (SSSR count). The van der Waals surface area contributed by atoms with Crippen LogP contribution in [-0.2, 0) is 4.79 Å². The van der Waals surface area contributed by atoms with Crippen LogP contribution >= 0.6 is 11.6 Å². The topological polar surface area (TPSA) is 69.1 Å².